The number of anilines is 1. The fraction of sp³-hybridized carbons (Fsp3) is 0.364. The number of hydrogen-bond acceptors (Lipinski definition) is 5. The van der Waals surface area contributed by atoms with Gasteiger partial charge < -0.3 is 9.80 Å². The highest BCUT2D eigenvalue weighted by Gasteiger charge is 2.31. The molecule has 0 radical (unpaired) electrons. The van der Waals surface area contributed by atoms with Crippen LogP contribution in [0.5, 0.6) is 0 Å². The molecule has 2 heterocycles. The molecule has 0 unspecified atom stereocenters. The van der Waals surface area contributed by atoms with Crippen LogP contribution in [0.4, 0.5) is 5.69 Å². The van der Waals surface area contributed by atoms with E-state index in [0.717, 1.165) is 68.1 Å². The van der Waals surface area contributed by atoms with E-state index in [-0.39, 0.29) is 11.5 Å². The van der Waals surface area contributed by atoms with Crippen molar-refractivity contribution in [3.63, 3.8) is 0 Å². The summed E-state index contributed by atoms with van der Waals surface area (Å²) in [5.74, 6) is 1.45. The van der Waals surface area contributed by atoms with Gasteiger partial charge in [0.1, 0.15) is 0 Å². The van der Waals surface area contributed by atoms with Gasteiger partial charge in [0.15, 0.2) is 5.16 Å². The average Bonchev–Trinajstić information content (AvgIpc) is 3.03. The van der Waals surface area contributed by atoms with Gasteiger partial charge in [0.05, 0.1) is 10.9 Å². The summed E-state index contributed by atoms with van der Waals surface area (Å²) in [4.78, 5) is 36.3. The quantitative estimate of drug-likeness (QED) is 0.183. The number of carbonyl (C=O) groups is 1. The Kier molecular flexibility index (Phi) is 8.63. The van der Waals surface area contributed by atoms with Crippen molar-refractivity contribution in [3.8, 4) is 0 Å². The zero-order valence-electron chi connectivity index (χ0n) is 23.1. The third-order valence-corrected chi connectivity index (χ3v) is 9.76. The molecule has 3 aromatic carbocycles. The van der Waals surface area contributed by atoms with Crippen LogP contribution in [0.1, 0.15) is 31.2 Å². The van der Waals surface area contributed by atoms with Crippen molar-refractivity contribution in [2.24, 2.45) is 11.8 Å². The van der Waals surface area contributed by atoms with Gasteiger partial charge in [-0.25, -0.2) is 4.98 Å². The van der Waals surface area contributed by atoms with Crippen LogP contribution >= 0.6 is 23.4 Å². The minimum atomic E-state index is 0.0173. The molecule has 1 aliphatic carbocycles. The van der Waals surface area contributed by atoms with E-state index in [0.29, 0.717) is 34.5 Å². The first-order valence-electron chi connectivity index (χ1n) is 14.5. The summed E-state index contributed by atoms with van der Waals surface area (Å²) in [6, 6.07) is 25.8. The number of halogens is 1. The van der Waals surface area contributed by atoms with Crippen molar-refractivity contribution in [1.82, 2.24) is 14.5 Å². The lowest BCUT2D eigenvalue weighted by Gasteiger charge is -2.39. The van der Waals surface area contributed by atoms with E-state index in [9.17, 15) is 9.59 Å². The number of hydrogen-bond donors (Lipinski definition) is 0. The van der Waals surface area contributed by atoms with Crippen molar-refractivity contribution < 1.29 is 4.79 Å². The summed E-state index contributed by atoms with van der Waals surface area (Å²) in [6.07, 6.45) is 3.65. The molecule has 1 amide bonds. The molecule has 0 atom stereocenters. The number of nitrogens with zero attached hydrogens (tertiary/aromatic N) is 4. The van der Waals surface area contributed by atoms with Gasteiger partial charge in [0, 0.05) is 55.1 Å². The number of benzene rings is 3. The number of carbonyl (C=O) groups excluding carboxylic acids is 1. The third-order valence-electron chi connectivity index (χ3n) is 8.46. The van der Waals surface area contributed by atoms with Crippen LogP contribution in [-0.2, 0) is 17.1 Å². The lowest BCUT2D eigenvalue weighted by molar-refractivity contribution is -0.137. The number of aromatic nitrogens is 2. The number of amides is 1. The number of para-hydroxylation sites is 2. The zero-order chi connectivity index (χ0) is 28.2. The largest absolute Gasteiger partial charge is 0.368 e. The zero-order valence-corrected chi connectivity index (χ0v) is 24.7. The number of rotatable bonds is 7. The molecule has 4 aromatic rings. The highest BCUT2D eigenvalue weighted by atomic mass is 35.5. The molecule has 0 spiro atoms. The van der Waals surface area contributed by atoms with E-state index in [1.54, 1.807) is 11.8 Å². The first-order valence-corrected chi connectivity index (χ1v) is 15.9. The van der Waals surface area contributed by atoms with Crippen LogP contribution in [0.25, 0.3) is 10.9 Å². The molecule has 212 valence electrons. The van der Waals surface area contributed by atoms with E-state index in [1.807, 2.05) is 59.2 Å². The van der Waals surface area contributed by atoms with Crippen molar-refractivity contribution >= 4 is 45.9 Å². The molecular weight excluding hydrogens is 552 g/mol. The Balaban J connectivity index is 1.09. The van der Waals surface area contributed by atoms with Gasteiger partial charge in [0.2, 0.25) is 5.91 Å². The van der Waals surface area contributed by atoms with Gasteiger partial charge in [-0.2, -0.15) is 0 Å². The molecule has 41 heavy (non-hydrogen) atoms. The maximum Gasteiger partial charge on any atom is 0.262 e. The second kappa shape index (κ2) is 12.7. The maximum absolute atomic E-state index is 13.6. The predicted octanol–water partition coefficient (Wildman–Crippen LogP) is 6.50. The highest BCUT2D eigenvalue weighted by molar-refractivity contribution is 7.98. The van der Waals surface area contributed by atoms with E-state index in [2.05, 4.69) is 34.1 Å². The van der Waals surface area contributed by atoms with Crippen molar-refractivity contribution in [1.29, 1.82) is 0 Å². The van der Waals surface area contributed by atoms with Gasteiger partial charge in [0.25, 0.3) is 5.56 Å². The fourth-order valence-corrected chi connectivity index (χ4v) is 7.17. The van der Waals surface area contributed by atoms with Gasteiger partial charge in [-0.05, 0) is 73.6 Å². The molecule has 6 rings (SSSR count). The smallest absolute Gasteiger partial charge is 0.262 e. The van der Waals surface area contributed by atoms with E-state index >= 15 is 0 Å². The third kappa shape index (κ3) is 6.47. The molecule has 1 saturated carbocycles. The Bertz CT molecular complexity index is 1540. The van der Waals surface area contributed by atoms with Crippen LogP contribution in [0, 0.1) is 11.8 Å². The van der Waals surface area contributed by atoms with Crippen molar-refractivity contribution in [3.05, 3.63) is 99.8 Å². The Morgan fingerprint density at radius 3 is 2.27 bits per heavy atom. The lowest BCUT2D eigenvalue weighted by Crippen LogP contribution is -2.50. The number of fused-ring (bicyclic) bond motifs is 1. The Morgan fingerprint density at radius 1 is 0.854 bits per heavy atom. The molecule has 1 aromatic heterocycles. The summed E-state index contributed by atoms with van der Waals surface area (Å²) < 4.78 is 1.87. The normalized spacial score (nSPS) is 19.4. The topological polar surface area (TPSA) is 58.4 Å². The minimum Gasteiger partial charge on any atom is -0.368 e. The molecule has 0 N–H and O–H groups in total. The first kappa shape index (κ1) is 27.9. The highest BCUT2D eigenvalue weighted by Crippen LogP contribution is 2.33. The number of piperazine rings is 1. The van der Waals surface area contributed by atoms with Crippen LogP contribution in [0.2, 0.25) is 5.02 Å². The van der Waals surface area contributed by atoms with Crippen molar-refractivity contribution in [2.75, 3.05) is 31.1 Å². The van der Waals surface area contributed by atoms with Gasteiger partial charge in [-0.3, -0.25) is 14.2 Å². The SMILES string of the molecule is O=C(C1CCC(Cn2c(SCc3ccc(Cl)cc3)nc3ccccc3c2=O)CC1)N1CCN(c2ccccc2)CC1. The lowest BCUT2D eigenvalue weighted by atomic mass is 9.81. The summed E-state index contributed by atoms with van der Waals surface area (Å²) in [7, 11) is 0. The van der Waals surface area contributed by atoms with Gasteiger partial charge in [-0.15, -0.1) is 0 Å². The molecule has 1 aliphatic heterocycles. The Hall–Kier alpha value is -3.29. The molecule has 8 heteroatoms. The molecule has 2 fully saturated rings. The molecule has 0 bridgehead atoms. The molecular formula is C33H35ClN4O2S. The van der Waals surface area contributed by atoms with Crippen LogP contribution in [-0.4, -0.2) is 46.5 Å². The molecule has 1 saturated heterocycles. The van der Waals surface area contributed by atoms with Crippen LogP contribution < -0.4 is 10.5 Å². The van der Waals surface area contributed by atoms with Crippen LogP contribution in [0.3, 0.4) is 0 Å². The Labute approximate surface area is 250 Å². The fourth-order valence-electron chi connectivity index (χ4n) is 6.08. The second-order valence-corrected chi connectivity index (χ2v) is 12.5. The molecule has 2 aliphatic rings. The number of thioether (sulfide) groups is 1. The first-order chi connectivity index (χ1) is 20.0. The van der Waals surface area contributed by atoms with E-state index < -0.39 is 0 Å². The van der Waals surface area contributed by atoms with Crippen molar-refractivity contribution in [2.45, 2.75) is 43.1 Å². The molecule has 6 nitrogen and oxygen atoms in total. The predicted molar refractivity (Wildman–Crippen MR) is 168 cm³/mol. The monoisotopic (exact) mass is 586 g/mol. The summed E-state index contributed by atoms with van der Waals surface area (Å²) in [5, 5.41) is 2.11. The Morgan fingerprint density at radius 2 is 1.54 bits per heavy atom. The minimum absolute atomic E-state index is 0.0173. The van der Waals surface area contributed by atoms with E-state index in [4.69, 9.17) is 16.6 Å². The second-order valence-electron chi connectivity index (χ2n) is 11.1. The maximum atomic E-state index is 13.6. The standard InChI is InChI=1S/C33H35ClN4O2S/c34-27-16-12-25(13-17-27)23-41-33-35-30-9-5-4-8-29(30)32(40)38(33)22-24-10-14-26(15-11-24)31(39)37-20-18-36(19-21-37)28-6-2-1-3-7-28/h1-9,12-13,16-17,24,26H,10-11,14-15,18-23H2. The van der Waals surface area contributed by atoms with Gasteiger partial charge in [-0.1, -0.05) is 65.8 Å². The van der Waals surface area contributed by atoms with Crippen LogP contribution in [0.15, 0.2) is 88.8 Å². The average molecular weight is 587 g/mol. The summed E-state index contributed by atoms with van der Waals surface area (Å²) in [5.41, 5.74) is 3.11. The summed E-state index contributed by atoms with van der Waals surface area (Å²) >= 11 is 7.65. The van der Waals surface area contributed by atoms with E-state index in [1.165, 1.54) is 5.69 Å². The summed E-state index contributed by atoms with van der Waals surface area (Å²) in [6.45, 7) is 3.94. The van der Waals surface area contributed by atoms with Gasteiger partial charge >= 0.3 is 0 Å².